The van der Waals surface area contributed by atoms with Crippen molar-refractivity contribution < 1.29 is 10.2 Å². The SMILES string of the molecule is CC(O)[Si](C)(C)C(C)O. The molecule has 0 aromatic rings. The third-order valence-electron chi connectivity index (χ3n) is 2.15. The monoisotopic (exact) mass is 148 g/mol. The van der Waals surface area contributed by atoms with E-state index in [-0.39, 0.29) is 11.5 Å². The molecule has 0 bridgehead atoms. The highest BCUT2D eigenvalue weighted by Crippen LogP contribution is 2.12. The third-order valence-corrected chi connectivity index (χ3v) is 6.46. The molecule has 56 valence electrons. The van der Waals surface area contributed by atoms with Crippen LogP contribution in [0.4, 0.5) is 0 Å². The van der Waals surface area contributed by atoms with Gasteiger partial charge in [0.15, 0.2) is 0 Å². The molecule has 2 nitrogen and oxygen atoms in total. The van der Waals surface area contributed by atoms with Gasteiger partial charge in [0.2, 0.25) is 0 Å². The van der Waals surface area contributed by atoms with E-state index >= 15 is 0 Å². The van der Waals surface area contributed by atoms with E-state index in [0.29, 0.717) is 0 Å². The average molecular weight is 148 g/mol. The zero-order chi connectivity index (χ0) is 7.65. The van der Waals surface area contributed by atoms with Crippen molar-refractivity contribution in [1.82, 2.24) is 0 Å². The summed E-state index contributed by atoms with van der Waals surface area (Å²) in [7, 11) is -1.75. The molecule has 0 radical (unpaired) electrons. The molecule has 0 fully saturated rings. The maximum atomic E-state index is 9.15. The van der Waals surface area contributed by atoms with Gasteiger partial charge in [0.1, 0.15) is 8.07 Å². The van der Waals surface area contributed by atoms with Crippen LogP contribution >= 0.6 is 0 Å². The highest BCUT2D eigenvalue weighted by Gasteiger charge is 2.32. The summed E-state index contributed by atoms with van der Waals surface area (Å²) in [6, 6.07) is 0. The molecule has 0 heterocycles. The third kappa shape index (κ3) is 2.08. The van der Waals surface area contributed by atoms with Crippen LogP contribution in [0, 0.1) is 0 Å². The Bertz CT molecular complexity index is 79.1. The fourth-order valence-electron chi connectivity index (χ4n) is 0.349. The Kier molecular flexibility index (Phi) is 2.86. The average Bonchev–Trinajstić information content (AvgIpc) is 1.65. The van der Waals surface area contributed by atoms with Gasteiger partial charge >= 0.3 is 0 Å². The van der Waals surface area contributed by atoms with Gasteiger partial charge in [-0.1, -0.05) is 13.1 Å². The van der Waals surface area contributed by atoms with E-state index in [0.717, 1.165) is 0 Å². The molecule has 9 heavy (non-hydrogen) atoms. The van der Waals surface area contributed by atoms with Crippen LogP contribution < -0.4 is 0 Å². The zero-order valence-corrected chi connectivity index (χ0v) is 7.55. The molecule has 2 unspecified atom stereocenters. The highest BCUT2D eigenvalue weighted by atomic mass is 28.3. The molecule has 0 rings (SSSR count). The smallest absolute Gasteiger partial charge is 0.113 e. The maximum absolute atomic E-state index is 9.15. The van der Waals surface area contributed by atoms with Crippen LogP contribution in [0.2, 0.25) is 13.1 Å². The van der Waals surface area contributed by atoms with Gasteiger partial charge in [0.25, 0.3) is 0 Å². The van der Waals surface area contributed by atoms with E-state index in [4.69, 9.17) is 10.2 Å². The number of aliphatic hydroxyl groups is 2. The highest BCUT2D eigenvalue weighted by molar-refractivity contribution is 6.79. The van der Waals surface area contributed by atoms with Crippen molar-refractivity contribution in [3.63, 3.8) is 0 Å². The van der Waals surface area contributed by atoms with Gasteiger partial charge in [-0.3, -0.25) is 0 Å². The van der Waals surface area contributed by atoms with Gasteiger partial charge in [-0.25, -0.2) is 0 Å². The molecule has 0 aliphatic heterocycles. The Balaban J connectivity index is 4.01. The first-order chi connectivity index (χ1) is 3.89. The van der Waals surface area contributed by atoms with E-state index in [2.05, 4.69) is 0 Å². The van der Waals surface area contributed by atoms with E-state index in [1.165, 1.54) is 0 Å². The lowest BCUT2D eigenvalue weighted by Gasteiger charge is -2.28. The minimum atomic E-state index is -1.75. The van der Waals surface area contributed by atoms with E-state index < -0.39 is 8.07 Å². The summed E-state index contributed by atoms with van der Waals surface area (Å²) in [4.78, 5) is 0. The quantitative estimate of drug-likeness (QED) is 0.561. The standard InChI is InChI=1S/C6H16O2Si/c1-5(7)9(3,4)6(2)8/h5-8H,1-4H3. The Hall–Kier alpha value is 0.137. The number of hydrogen-bond acceptors (Lipinski definition) is 2. The normalized spacial score (nSPS) is 19.3. The van der Waals surface area contributed by atoms with E-state index in [1.54, 1.807) is 13.8 Å². The molecule has 0 aromatic heterocycles. The Morgan fingerprint density at radius 1 is 1.00 bits per heavy atom. The number of hydrogen-bond donors (Lipinski definition) is 2. The lowest BCUT2D eigenvalue weighted by Crippen LogP contribution is -2.49. The lowest BCUT2D eigenvalue weighted by atomic mass is 10.8. The van der Waals surface area contributed by atoms with E-state index in [1.807, 2.05) is 13.1 Å². The summed E-state index contributed by atoms with van der Waals surface area (Å²) in [6.45, 7) is 7.45. The molecule has 2 atom stereocenters. The van der Waals surface area contributed by atoms with Crippen LogP contribution in [0.15, 0.2) is 0 Å². The van der Waals surface area contributed by atoms with Gasteiger partial charge in [0, 0.05) is 11.5 Å². The van der Waals surface area contributed by atoms with Crippen molar-refractivity contribution in [3.05, 3.63) is 0 Å². The van der Waals surface area contributed by atoms with Crippen molar-refractivity contribution in [2.45, 2.75) is 38.4 Å². The van der Waals surface area contributed by atoms with Crippen LogP contribution in [0.1, 0.15) is 13.8 Å². The summed E-state index contributed by atoms with van der Waals surface area (Å²) in [5.41, 5.74) is -0.644. The van der Waals surface area contributed by atoms with Crippen LogP contribution in [0.3, 0.4) is 0 Å². The summed E-state index contributed by atoms with van der Waals surface area (Å²) in [6.07, 6.45) is 0. The molecule has 0 spiro atoms. The second kappa shape index (κ2) is 2.81. The first kappa shape index (κ1) is 9.14. The maximum Gasteiger partial charge on any atom is 0.113 e. The lowest BCUT2D eigenvalue weighted by molar-refractivity contribution is 0.219. The molecular formula is C6H16O2Si. The molecule has 0 saturated carbocycles. The Morgan fingerprint density at radius 3 is 1.22 bits per heavy atom. The van der Waals surface area contributed by atoms with Crippen LogP contribution in [-0.4, -0.2) is 29.7 Å². The first-order valence-corrected chi connectivity index (χ1v) is 6.40. The van der Waals surface area contributed by atoms with Gasteiger partial charge in [-0.15, -0.1) is 0 Å². The second-order valence-electron chi connectivity index (χ2n) is 3.17. The second-order valence-corrected chi connectivity index (χ2v) is 8.49. The fourth-order valence-corrected chi connectivity index (χ4v) is 1.05. The predicted molar refractivity (Wildman–Crippen MR) is 40.8 cm³/mol. The van der Waals surface area contributed by atoms with Gasteiger partial charge in [-0.2, -0.15) is 0 Å². The molecule has 2 N–H and O–H groups in total. The predicted octanol–water partition coefficient (Wildman–Crippen LogP) is 0.535. The number of rotatable bonds is 2. The van der Waals surface area contributed by atoms with Crippen LogP contribution in [0.25, 0.3) is 0 Å². The number of aliphatic hydroxyl groups excluding tert-OH is 2. The summed E-state index contributed by atoms with van der Waals surface area (Å²) < 4.78 is 0. The van der Waals surface area contributed by atoms with Gasteiger partial charge < -0.3 is 10.2 Å². The molecule has 0 saturated heterocycles. The van der Waals surface area contributed by atoms with Gasteiger partial charge in [-0.05, 0) is 13.8 Å². The minimum absolute atomic E-state index is 0.322. The van der Waals surface area contributed by atoms with E-state index in [9.17, 15) is 0 Å². The minimum Gasteiger partial charge on any atom is -0.397 e. The molecule has 0 aliphatic rings. The summed E-state index contributed by atoms with van der Waals surface area (Å²) in [5, 5.41) is 18.3. The molecule has 0 amide bonds. The largest absolute Gasteiger partial charge is 0.397 e. The summed E-state index contributed by atoms with van der Waals surface area (Å²) in [5.74, 6) is 0. The van der Waals surface area contributed by atoms with Crippen molar-refractivity contribution in [3.8, 4) is 0 Å². The molecule has 0 aromatic carbocycles. The van der Waals surface area contributed by atoms with Crippen molar-refractivity contribution >= 4 is 8.07 Å². The molecule has 3 heteroatoms. The van der Waals surface area contributed by atoms with Crippen molar-refractivity contribution in [2.24, 2.45) is 0 Å². The zero-order valence-electron chi connectivity index (χ0n) is 6.55. The molecule has 0 aliphatic carbocycles. The Labute approximate surface area is 57.5 Å². The van der Waals surface area contributed by atoms with Crippen LogP contribution in [0.5, 0.6) is 0 Å². The summed E-state index contributed by atoms with van der Waals surface area (Å²) >= 11 is 0. The van der Waals surface area contributed by atoms with Gasteiger partial charge in [0.05, 0.1) is 0 Å². The topological polar surface area (TPSA) is 40.5 Å². The first-order valence-electron chi connectivity index (χ1n) is 3.25. The fraction of sp³-hybridized carbons (Fsp3) is 1.00. The van der Waals surface area contributed by atoms with Crippen LogP contribution in [-0.2, 0) is 0 Å². The van der Waals surface area contributed by atoms with Crippen molar-refractivity contribution in [1.29, 1.82) is 0 Å². The van der Waals surface area contributed by atoms with Crippen molar-refractivity contribution in [2.75, 3.05) is 0 Å². The Morgan fingerprint density at radius 2 is 1.22 bits per heavy atom. The molecular weight excluding hydrogens is 132 g/mol.